The Morgan fingerprint density at radius 1 is 0.914 bits per heavy atom. The van der Waals surface area contributed by atoms with Crippen LogP contribution in [0.2, 0.25) is 5.02 Å². The molecule has 3 aromatic carbocycles. The number of hydrogen-bond acceptors (Lipinski definition) is 7. The summed E-state index contributed by atoms with van der Waals surface area (Å²) in [6.45, 7) is 0.190. The maximum Gasteiger partial charge on any atom is 0.238 e. The molecule has 4 rings (SSSR count). The minimum atomic E-state index is -3.17. The van der Waals surface area contributed by atoms with Crippen LogP contribution in [0.4, 0.5) is 28.7 Å². The molecule has 0 saturated carbocycles. The van der Waals surface area contributed by atoms with Gasteiger partial charge in [0.15, 0.2) is 11.6 Å². The minimum absolute atomic E-state index is 0.0894. The summed E-state index contributed by atoms with van der Waals surface area (Å²) in [4.78, 5) is 23.2. The molecule has 0 spiro atoms. The van der Waals surface area contributed by atoms with Crippen molar-refractivity contribution in [1.82, 2.24) is 14.9 Å². The number of nitrogens with one attached hydrogen (secondary N) is 2. The van der Waals surface area contributed by atoms with Crippen LogP contribution in [0.25, 0.3) is 11.0 Å². The normalized spacial score (nSPS) is 11.1. The molecule has 35 heavy (non-hydrogen) atoms. The molecular formula is C24H23ClN6O3S. The van der Waals surface area contributed by atoms with Crippen molar-refractivity contribution in [3.8, 4) is 0 Å². The highest BCUT2D eigenvalue weighted by Gasteiger charge is 2.21. The molecule has 0 saturated heterocycles. The van der Waals surface area contributed by atoms with Crippen molar-refractivity contribution in [2.45, 2.75) is 0 Å². The van der Waals surface area contributed by atoms with Crippen molar-refractivity contribution in [3.63, 3.8) is 0 Å². The predicted molar refractivity (Wildman–Crippen MR) is 140 cm³/mol. The van der Waals surface area contributed by atoms with Crippen LogP contribution in [-0.2, 0) is 15.7 Å². The first-order valence-electron chi connectivity index (χ1n) is 10.6. The van der Waals surface area contributed by atoms with Gasteiger partial charge in [-0.15, -0.1) is 0 Å². The number of fused-ring (bicyclic) bond motifs is 1. The monoisotopic (exact) mass is 510 g/mol. The highest BCUT2D eigenvalue weighted by Crippen LogP contribution is 2.34. The number of rotatable bonds is 8. The Hall–Kier alpha value is -3.73. The Morgan fingerprint density at radius 2 is 1.60 bits per heavy atom. The number of amides is 1. The number of anilines is 5. The Kier molecular flexibility index (Phi) is 7.45. The maximum absolute atomic E-state index is 12.5. The minimum Gasteiger partial charge on any atom is -0.337 e. The van der Waals surface area contributed by atoms with Gasteiger partial charge in [-0.25, -0.2) is 22.7 Å². The lowest BCUT2D eigenvalue weighted by Gasteiger charge is -2.21. The number of nitrogens with zero attached hydrogens (tertiary/aromatic N) is 4. The van der Waals surface area contributed by atoms with E-state index in [0.717, 1.165) is 4.31 Å². The van der Waals surface area contributed by atoms with Crippen LogP contribution < -0.4 is 14.9 Å². The van der Waals surface area contributed by atoms with Gasteiger partial charge in [0.25, 0.3) is 0 Å². The van der Waals surface area contributed by atoms with Crippen molar-refractivity contribution in [1.29, 1.82) is 0 Å². The van der Waals surface area contributed by atoms with Gasteiger partial charge in [0.2, 0.25) is 16.8 Å². The topological polar surface area (TPSA) is 108 Å². The molecule has 180 valence electrons. The van der Waals surface area contributed by atoms with Crippen LogP contribution in [0.15, 0.2) is 72.8 Å². The summed E-state index contributed by atoms with van der Waals surface area (Å²) in [5.74, 6) is 0.111. The van der Waals surface area contributed by atoms with Crippen LogP contribution in [0.5, 0.6) is 0 Å². The van der Waals surface area contributed by atoms with Gasteiger partial charge in [0.05, 0.1) is 23.3 Å². The van der Waals surface area contributed by atoms with Gasteiger partial charge in [0.1, 0.15) is 0 Å². The number of hydrogen-bond donors (Lipinski definition) is 3. The Balaban J connectivity index is 1.79. The fourth-order valence-corrected chi connectivity index (χ4v) is 4.12. The molecule has 1 heterocycles. The highest BCUT2D eigenvalue weighted by atomic mass is 35.5. The van der Waals surface area contributed by atoms with E-state index >= 15 is 0 Å². The van der Waals surface area contributed by atoms with E-state index in [2.05, 4.69) is 20.6 Å². The van der Waals surface area contributed by atoms with Crippen molar-refractivity contribution in [3.05, 3.63) is 77.8 Å². The van der Waals surface area contributed by atoms with Gasteiger partial charge in [-0.05, 0) is 68.7 Å². The van der Waals surface area contributed by atoms with E-state index in [4.69, 9.17) is 11.6 Å². The third-order valence-electron chi connectivity index (χ3n) is 4.86. The SMILES string of the molecule is CN(C)CC(=O)Nc1cccc(N(c2nc3ccccc3nc2Nc2ccc(Cl)cc2)[SH](=O)=O)c1. The van der Waals surface area contributed by atoms with Gasteiger partial charge < -0.3 is 15.5 Å². The predicted octanol–water partition coefficient (Wildman–Crippen LogP) is 4.19. The average molecular weight is 511 g/mol. The molecule has 0 bridgehead atoms. The summed E-state index contributed by atoms with van der Waals surface area (Å²) in [7, 11) is 0.405. The molecule has 9 nitrogen and oxygen atoms in total. The molecule has 0 unspecified atom stereocenters. The van der Waals surface area contributed by atoms with E-state index in [1.165, 1.54) is 0 Å². The van der Waals surface area contributed by atoms with Crippen molar-refractivity contribution in [2.24, 2.45) is 0 Å². The van der Waals surface area contributed by atoms with Crippen LogP contribution in [0.1, 0.15) is 0 Å². The first-order valence-corrected chi connectivity index (χ1v) is 12.1. The Bertz CT molecular complexity index is 1440. The van der Waals surface area contributed by atoms with Crippen LogP contribution in [0, 0.1) is 0 Å². The van der Waals surface area contributed by atoms with Crippen molar-refractivity contribution in [2.75, 3.05) is 35.6 Å². The zero-order chi connectivity index (χ0) is 24.9. The summed E-state index contributed by atoms with van der Waals surface area (Å²) in [5, 5.41) is 6.50. The number of aromatic nitrogens is 2. The van der Waals surface area contributed by atoms with E-state index in [1.807, 2.05) is 6.07 Å². The molecule has 0 radical (unpaired) electrons. The second kappa shape index (κ2) is 10.7. The lowest BCUT2D eigenvalue weighted by Crippen LogP contribution is -2.27. The van der Waals surface area contributed by atoms with Gasteiger partial charge in [-0.1, -0.05) is 29.8 Å². The molecule has 0 atom stereocenters. The molecule has 2 N–H and O–H groups in total. The number of thiol groups is 1. The quantitative estimate of drug-likeness (QED) is 0.305. The van der Waals surface area contributed by atoms with E-state index in [1.54, 1.807) is 85.7 Å². The number of likely N-dealkylation sites (N-methyl/N-ethyl adjacent to an activating group) is 1. The third-order valence-corrected chi connectivity index (χ3v) is 5.86. The molecule has 11 heteroatoms. The van der Waals surface area contributed by atoms with Gasteiger partial charge in [0, 0.05) is 16.4 Å². The molecule has 0 fully saturated rings. The van der Waals surface area contributed by atoms with Crippen molar-refractivity contribution >= 4 is 68.1 Å². The van der Waals surface area contributed by atoms with Crippen LogP contribution in [0.3, 0.4) is 0 Å². The lowest BCUT2D eigenvalue weighted by atomic mass is 10.2. The van der Waals surface area contributed by atoms with E-state index in [0.29, 0.717) is 33.1 Å². The second-order valence-electron chi connectivity index (χ2n) is 7.90. The zero-order valence-electron chi connectivity index (χ0n) is 19.0. The molecule has 0 aliphatic rings. The molecule has 1 aromatic heterocycles. The Labute approximate surface area is 209 Å². The van der Waals surface area contributed by atoms with Gasteiger partial charge >= 0.3 is 0 Å². The van der Waals surface area contributed by atoms with E-state index in [-0.39, 0.29) is 24.1 Å². The fraction of sp³-hybridized carbons (Fsp3) is 0.125. The molecule has 1 amide bonds. The molecule has 0 aliphatic heterocycles. The summed E-state index contributed by atoms with van der Waals surface area (Å²) in [5.41, 5.74) is 2.54. The third kappa shape index (κ3) is 6.04. The number of benzene rings is 3. The second-order valence-corrected chi connectivity index (χ2v) is 9.21. The highest BCUT2D eigenvalue weighted by molar-refractivity contribution is 7.74. The van der Waals surface area contributed by atoms with E-state index < -0.39 is 10.9 Å². The number of carbonyl (C=O) groups is 1. The molecule has 4 aromatic rings. The Morgan fingerprint density at radius 3 is 2.26 bits per heavy atom. The zero-order valence-corrected chi connectivity index (χ0v) is 20.6. The van der Waals surface area contributed by atoms with Gasteiger partial charge in [-0.3, -0.25) is 4.79 Å². The maximum atomic E-state index is 12.5. The molecule has 0 aliphatic carbocycles. The smallest absolute Gasteiger partial charge is 0.238 e. The summed E-state index contributed by atoms with van der Waals surface area (Å²) in [6.07, 6.45) is 0. The summed E-state index contributed by atoms with van der Waals surface area (Å²) < 4.78 is 26.1. The van der Waals surface area contributed by atoms with Gasteiger partial charge in [-0.2, -0.15) is 0 Å². The van der Waals surface area contributed by atoms with Crippen molar-refractivity contribution < 1.29 is 13.2 Å². The number of para-hydroxylation sites is 2. The lowest BCUT2D eigenvalue weighted by molar-refractivity contribution is -0.116. The van der Waals surface area contributed by atoms with Crippen LogP contribution in [-0.4, -0.2) is 49.8 Å². The first kappa shape index (κ1) is 24.4. The fourth-order valence-electron chi connectivity index (χ4n) is 3.39. The standard InChI is InChI=1S/C24H23ClN6O3S/c1-30(2)15-22(32)26-18-6-5-7-19(14-18)31(35(33)34)24-23(27-17-12-10-16(25)11-13-17)28-20-8-3-4-9-21(20)29-24/h3-14,35H,15H2,1-2H3,(H,26,32)(H,27,28). The summed E-state index contributed by atoms with van der Waals surface area (Å²) >= 11 is 6.00. The first-order chi connectivity index (χ1) is 16.8. The largest absolute Gasteiger partial charge is 0.337 e. The molecular weight excluding hydrogens is 488 g/mol. The van der Waals surface area contributed by atoms with Crippen LogP contribution >= 0.6 is 11.6 Å². The average Bonchev–Trinajstić information content (AvgIpc) is 2.80. The number of halogens is 1. The summed E-state index contributed by atoms with van der Waals surface area (Å²) in [6, 6.07) is 20.7. The van der Waals surface area contributed by atoms with E-state index in [9.17, 15) is 13.2 Å². The number of carbonyl (C=O) groups excluding carboxylic acids is 1.